The number of halogens is 3. The van der Waals surface area contributed by atoms with Crippen molar-refractivity contribution in [1.82, 2.24) is 10.3 Å². The highest BCUT2D eigenvalue weighted by Gasteiger charge is 2.38. The molecule has 5 nitrogen and oxygen atoms in total. The van der Waals surface area contributed by atoms with Crippen molar-refractivity contribution >= 4 is 22.4 Å². The lowest BCUT2D eigenvalue weighted by molar-refractivity contribution is -0.192. The first-order valence-electron chi connectivity index (χ1n) is 8.89. The maximum absolute atomic E-state index is 10.6. The van der Waals surface area contributed by atoms with E-state index in [1.165, 1.54) is 61.9 Å². The van der Waals surface area contributed by atoms with E-state index in [0.29, 0.717) is 5.41 Å². The highest BCUT2D eigenvalue weighted by molar-refractivity contribution is 5.85. The summed E-state index contributed by atoms with van der Waals surface area (Å²) in [6, 6.07) is 8.85. The summed E-state index contributed by atoms with van der Waals surface area (Å²) >= 11 is 0. The van der Waals surface area contributed by atoms with Crippen molar-refractivity contribution in [2.24, 2.45) is 5.41 Å². The fourth-order valence-electron chi connectivity index (χ4n) is 3.73. The van der Waals surface area contributed by atoms with Crippen LogP contribution in [0, 0.1) is 5.41 Å². The zero-order valence-electron chi connectivity index (χ0n) is 14.8. The number of benzene rings is 1. The van der Waals surface area contributed by atoms with Crippen LogP contribution in [0.3, 0.4) is 0 Å². The van der Waals surface area contributed by atoms with Gasteiger partial charge in [0.1, 0.15) is 0 Å². The molecule has 3 heterocycles. The molecule has 0 bridgehead atoms. The zero-order chi connectivity index (χ0) is 19.5. The topological polar surface area (TPSA) is 65.5 Å². The van der Waals surface area contributed by atoms with Crippen LogP contribution in [0.15, 0.2) is 36.7 Å². The van der Waals surface area contributed by atoms with Crippen molar-refractivity contribution in [2.45, 2.75) is 25.4 Å². The summed E-state index contributed by atoms with van der Waals surface area (Å²) in [5.41, 5.74) is 1.96. The first-order chi connectivity index (χ1) is 12.8. The number of carbonyl (C=O) groups is 1. The number of carboxylic acids is 1. The smallest absolute Gasteiger partial charge is 0.475 e. The largest absolute Gasteiger partial charge is 0.490 e. The van der Waals surface area contributed by atoms with E-state index in [9.17, 15) is 13.2 Å². The number of anilines is 1. The second-order valence-electron chi connectivity index (χ2n) is 7.12. The Morgan fingerprint density at radius 2 is 1.85 bits per heavy atom. The van der Waals surface area contributed by atoms with Gasteiger partial charge in [-0.2, -0.15) is 13.2 Å². The van der Waals surface area contributed by atoms with E-state index in [2.05, 4.69) is 39.5 Å². The Hall–Kier alpha value is -2.35. The highest BCUT2D eigenvalue weighted by Crippen LogP contribution is 2.38. The van der Waals surface area contributed by atoms with Gasteiger partial charge in [0.15, 0.2) is 0 Å². The molecule has 2 aliphatic heterocycles. The maximum Gasteiger partial charge on any atom is 0.490 e. The summed E-state index contributed by atoms with van der Waals surface area (Å²) in [5.74, 6) is -2.76. The van der Waals surface area contributed by atoms with Gasteiger partial charge >= 0.3 is 12.1 Å². The number of pyridine rings is 1. The number of aromatic nitrogens is 1. The van der Waals surface area contributed by atoms with Crippen molar-refractivity contribution in [2.75, 3.05) is 31.1 Å². The van der Waals surface area contributed by atoms with Gasteiger partial charge in [-0.15, -0.1) is 0 Å². The summed E-state index contributed by atoms with van der Waals surface area (Å²) in [6.07, 6.45) is 2.75. The quantitative estimate of drug-likeness (QED) is 0.792. The number of alkyl halides is 3. The first-order valence-corrected chi connectivity index (χ1v) is 8.89. The summed E-state index contributed by atoms with van der Waals surface area (Å²) in [7, 11) is 0. The van der Waals surface area contributed by atoms with E-state index in [-0.39, 0.29) is 0 Å². The predicted molar refractivity (Wildman–Crippen MR) is 96.8 cm³/mol. The van der Waals surface area contributed by atoms with E-state index in [4.69, 9.17) is 9.90 Å². The maximum atomic E-state index is 10.6. The zero-order valence-corrected chi connectivity index (χ0v) is 14.8. The minimum atomic E-state index is -5.08. The number of rotatable bonds is 1. The summed E-state index contributed by atoms with van der Waals surface area (Å²) in [4.78, 5) is 15.6. The lowest BCUT2D eigenvalue weighted by Gasteiger charge is -2.40. The fraction of sp³-hybridized carbons (Fsp3) is 0.474. The molecule has 2 saturated heterocycles. The van der Waals surface area contributed by atoms with Gasteiger partial charge in [0, 0.05) is 43.1 Å². The second-order valence-corrected chi connectivity index (χ2v) is 7.12. The third kappa shape index (κ3) is 4.68. The molecule has 27 heavy (non-hydrogen) atoms. The van der Waals surface area contributed by atoms with Crippen molar-refractivity contribution < 1.29 is 23.1 Å². The highest BCUT2D eigenvalue weighted by atomic mass is 19.4. The number of hydrogen-bond donors (Lipinski definition) is 2. The third-order valence-corrected chi connectivity index (χ3v) is 5.39. The van der Waals surface area contributed by atoms with Gasteiger partial charge in [-0.1, -0.05) is 6.07 Å². The van der Waals surface area contributed by atoms with Gasteiger partial charge in [0.25, 0.3) is 0 Å². The van der Waals surface area contributed by atoms with Crippen LogP contribution in [0.5, 0.6) is 0 Å². The van der Waals surface area contributed by atoms with Crippen LogP contribution >= 0.6 is 0 Å². The molecule has 2 aliphatic rings. The number of hydrogen-bond acceptors (Lipinski definition) is 4. The molecule has 4 rings (SSSR count). The number of fused-ring (bicyclic) bond motifs is 1. The molecule has 1 spiro atoms. The van der Waals surface area contributed by atoms with Gasteiger partial charge in [0.2, 0.25) is 0 Å². The van der Waals surface area contributed by atoms with Crippen LogP contribution in [-0.4, -0.2) is 48.4 Å². The molecule has 0 atom stereocenters. The van der Waals surface area contributed by atoms with Gasteiger partial charge in [0.05, 0.1) is 0 Å². The van der Waals surface area contributed by atoms with E-state index < -0.39 is 12.1 Å². The van der Waals surface area contributed by atoms with E-state index >= 15 is 0 Å². The summed E-state index contributed by atoms with van der Waals surface area (Å²) < 4.78 is 31.7. The van der Waals surface area contributed by atoms with Crippen LogP contribution in [0.2, 0.25) is 0 Å². The van der Waals surface area contributed by atoms with Crippen LogP contribution in [0.1, 0.15) is 19.3 Å². The normalized spacial score (nSPS) is 19.0. The van der Waals surface area contributed by atoms with E-state index in [1.54, 1.807) is 0 Å². The standard InChI is InChI=1S/C17H21N3.C2HF3O2/c1-2-16(11-14-3-7-18-12-15(1)14)20-9-5-17(6-10-20)4-8-19-13-17;3-2(4,5)1(6)7/h1-3,7,11-12,19H,4-6,8-10,13H2;(H,6,7). The Morgan fingerprint density at radius 3 is 2.44 bits per heavy atom. The van der Waals surface area contributed by atoms with Crippen molar-refractivity contribution in [3.05, 3.63) is 36.7 Å². The molecule has 2 N–H and O–H groups in total. The molecule has 0 radical (unpaired) electrons. The number of carboxylic acid groups (broad SMARTS) is 1. The van der Waals surface area contributed by atoms with Gasteiger partial charge in [-0.25, -0.2) is 4.79 Å². The van der Waals surface area contributed by atoms with Crippen molar-refractivity contribution in [3.63, 3.8) is 0 Å². The molecule has 146 valence electrons. The Balaban J connectivity index is 0.000000260. The molecule has 0 amide bonds. The van der Waals surface area contributed by atoms with Crippen molar-refractivity contribution in [1.29, 1.82) is 0 Å². The first kappa shape index (κ1) is 19.4. The SMILES string of the molecule is O=C(O)C(F)(F)F.c1cc2cc(N3CCC4(CCNC4)CC3)ccc2cn1. The minimum absolute atomic E-state index is 0.595. The number of piperidine rings is 1. The van der Waals surface area contributed by atoms with E-state index in [0.717, 1.165) is 0 Å². The van der Waals surface area contributed by atoms with Gasteiger partial charge in [-0.05, 0) is 54.8 Å². The number of nitrogens with zero attached hydrogens (tertiary/aromatic N) is 2. The Labute approximate surface area is 155 Å². The Kier molecular flexibility index (Phi) is 5.55. The second kappa shape index (κ2) is 7.72. The molecular weight excluding hydrogens is 359 g/mol. The Morgan fingerprint density at radius 1 is 1.15 bits per heavy atom. The molecule has 0 aliphatic carbocycles. The number of aliphatic carboxylic acids is 1. The Bertz CT molecular complexity index is 794. The van der Waals surface area contributed by atoms with E-state index in [1.807, 2.05) is 12.4 Å². The van der Waals surface area contributed by atoms with Crippen LogP contribution in [0.25, 0.3) is 10.8 Å². The summed E-state index contributed by atoms with van der Waals surface area (Å²) in [6.45, 7) is 4.82. The minimum Gasteiger partial charge on any atom is -0.475 e. The lowest BCUT2D eigenvalue weighted by atomic mass is 9.78. The van der Waals surface area contributed by atoms with Crippen LogP contribution in [-0.2, 0) is 4.79 Å². The predicted octanol–water partition coefficient (Wildman–Crippen LogP) is 3.45. The molecule has 1 aromatic heterocycles. The average molecular weight is 381 g/mol. The van der Waals surface area contributed by atoms with Crippen LogP contribution < -0.4 is 10.2 Å². The van der Waals surface area contributed by atoms with Crippen molar-refractivity contribution in [3.8, 4) is 0 Å². The lowest BCUT2D eigenvalue weighted by Crippen LogP contribution is -2.41. The van der Waals surface area contributed by atoms with Crippen LogP contribution in [0.4, 0.5) is 18.9 Å². The fourth-order valence-corrected chi connectivity index (χ4v) is 3.73. The molecule has 0 unspecified atom stereocenters. The summed E-state index contributed by atoms with van der Waals surface area (Å²) in [5, 5.41) is 13.2. The average Bonchev–Trinajstić information content (AvgIpc) is 3.10. The van der Waals surface area contributed by atoms with Gasteiger partial charge < -0.3 is 15.3 Å². The van der Waals surface area contributed by atoms with Gasteiger partial charge in [-0.3, -0.25) is 4.98 Å². The molecule has 0 saturated carbocycles. The molecule has 8 heteroatoms. The molecule has 2 aromatic rings. The monoisotopic (exact) mass is 381 g/mol. The molecular formula is C19H22F3N3O2. The molecule has 1 aromatic carbocycles. The third-order valence-electron chi connectivity index (χ3n) is 5.39. The molecule has 2 fully saturated rings. The number of nitrogens with one attached hydrogen (secondary N) is 1.